The molecule has 0 saturated carbocycles. The summed E-state index contributed by atoms with van der Waals surface area (Å²) in [4.78, 5) is 52.4. The smallest absolute Gasteiger partial charge is 0.296 e. The Bertz CT molecular complexity index is 2180. The minimum atomic E-state index is -4.93. The van der Waals surface area contributed by atoms with Gasteiger partial charge in [-0.25, -0.2) is 0 Å². The highest BCUT2D eigenvalue weighted by Crippen LogP contribution is 2.40. The maximum Gasteiger partial charge on any atom is 0.296 e. The van der Waals surface area contributed by atoms with Gasteiger partial charge in [-0.15, -0.1) is 0 Å². The second-order valence-corrected chi connectivity index (χ2v) is 12.4. The van der Waals surface area contributed by atoms with E-state index in [1.54, 1.807) is 18.2 Å². The van der Waals surface area contributed by atoms with Gasteiger partial charge in [0, 0.05) is 46.7 Å². The number of hydrogen-bond donors (Lipinski definition) is 5. The highest BCUT2D eigenvalue weighted by molar-refractivity contribution is 7.86. The molecule has 2 aliphatic rings. The van der Waals surface area contributed by atoms with Gasteiger partial charge in [-0.2, -0.15) is 8.42 Å². The van der Waals surface area contributed by atoms with Crippen molar-refractivity contribution in [2.45, 2.75) is 9.79 Å². The first-order valence-electron chi connectivity index (χ1n) is 13.2. The summed E-state index contributed by atoms with van der Waals surface area (Å²) >= 11 is -2.87. The molecule has 1 unspecified atom stereocenters. The Hall–Kier alpha value is -5.22. The van der Waals surface area contributed by atoms with E-state index in [1.165, 1.54) is 30.3 Å². The lowest BCUT2D eigenvalue weighted by Gasteiger charge is -2.25. The zero-order valence-corrected chi connectivity index (χ0v) is 24.5. The van der Waals surface area contributed by atoms with E-state index >= 15 is 0 Å². The molecule has 0 heterocycles. The normalized spacial score (nSPS) is 14.3. The van der Waals surface area contributed by atoms with Gasteiger partial charge >= 0.3 is 0 Å². The predicted octanol–water partition coefficient (Wildman–Crippen LogP) is 2.41. The molecule has 1 atom stereocenters. The third kappa shape index (κ3) is 4.69. The van der Waals surface area contributed by atoms with Crippen molar-refractivity contribution in [2.24, 2.45) is 0 Å². The van der Waals surface area contributed by atoms with Crippen molar-refractivity contribution in [1.29, 1.82) is 0 Å². The highest BCUT2D eigenvalue weighted by atomic mass is 32.2. The summed E-state index contributed by atoms with van der Waals surface area (Å²) in [6, 6.07) is 14.0. The summed E-state index contributed by atoms with van der Waals surface area (Å²) in [5.41, 5.74) is 10.3. The second-order valence-electron chi connectivity index (χ2n) is 10.1. The van der Waals surface area contributed by atoms with Crippen molar-refractivity contribution >= 4 is 67.1 Å². The van der Waals surface area contributed by atoms with Crippen LogP contribution >= 0.6 is 0 Å². The van der Waals surface area contributed by atoms with Crippen LogP contribution in [0.4, 0.5) is 22.7 Å². The van der Waals surface area contributed by atoms with Gasteiger partial charge in [-0.3, -0.25) is 27.9 Å². The summed E-state index contributed by atoms with van der Waals surface area (Å²) in [5, 5.41) is 5.77. The van der Waals surface area contributed by atoms with E-state index in [-0.39, 0.29) is 74.7 Å². The maximum absolute atomic E-state index is 13.5. The SMILES string of the molecule is Nc1c(S(=O)[O-])cc(NCCNc2cc(S(=O)(=O)O)c(N)c3c2C(=O)c2ccccc2C3=O)c2c1C(=O)c1ccccc1C2=O. The van der Waals surface area contributed by atoms with Crippen molar-refractivity contribution in [1.82, 2.24) is 0 Å². The largest absolute Gasteiger partial charge is 0.768 e. The van der Waals surface area contributed by atoms with Crippen LogP contribution in [0.3, 0.4) is 0 Å². The Morgan fingerprint density at radius 1 is 0.667 bits per heavy atom. The van der Waals surface area contributed by atoms with Crippen LogP contribution in [0.25, 0.3) is 0 Å². The maximum atomic E-state index is 13.5. The van der Waals surface area contributed by atoms with Crippen molar-refractivity contribution < 1.29 is 40.9 Å². The van der Waals surface area contributed by atoms with E-state index in [0.717, 1.165) is 12.1 Å². The van der Waals surface area contributed by atoms with Gasteiger partial charge in [-0.1, -0.05) is 48.5 Å². The number of rotatable bonds is 7. The molecule has 0 saturated heterocycles. The summed E-state index contributed by atoms with van der Waals surface area (Å²) < 4.78 is 58.1. The number of ketones is 4. The van der Waals surface area contributed by atoms with Gasteiger partial charge in [0.15, 0.2) is 23.1 Å². The lowest BCUT2D eigenvalue weighted by molar-refractivity contribution is 0.0980. The van der Waals surface area contributed by atoms with Crippen LogP contribution in [0.5, 0.6) is 0 Å². The molecule has 0 radical (unpaired) electrons. The van der Waals surface area contributed by atoms with Gasteiger partial charge in [0.05, 0.1) is 38.5 Å². The first-order chi connectivity index (χ1) is 21.3. The summed E-state index contributed by atoms with van der Waals surface area (Å²) in [6.07, 6.45) is 0. The van der Waals surface area contributed by atoms with Gasteiger partial charge in [0.2, 0.25) is 0 Å². The second kappa shape index (κ2) is 10.7. The molecular formula is C30H21N4O9S2-. The van der Waals surface area contributed by atoms with Crippen LogP contribution in [0.15, 0.2) is 70.5 Å². The summed E-state index contributed by atoms with van der Waals surface area (Å²) in [6.45, 7) is -0.179. The minimum Gasteiger partial charge on any atom is -0.768 e. The fourth-order valence-electron chi connectivity index (χ4n) is 5.61. The first kappa shape index (κ1) is 29.8. The van der Waals surface area contributed by atoms with E-state index in [0.29, 0.717) is 0 Å². The molecule has 0 spiro atoms. The van der Waals surface area contributed by atoms with E-state index in [9.17, 15) is 40.9 Å². The molecular weight excluding hydrogens is 624 g/mol. The zero-order chi connectivity index (χ0) is 32.4. The van der Waals surface area contributed by atoms with E-state index in [2.05, 4.69) is 10.6 Å². The Morgan fingerprint density at radius 3 is 1.44 bits per heavy atom. The summed E-state index contributed by atoms with van der Waals surface area (Å²) in [7, 11) is -4.93. The molecule has 2 aliphatic carbocycles. The fraction of sp³-hybridized carbons (Fsp3) is 0.0667. The zero-order valence-electron chi connectivity index (χ0n) is 22.9. The molecule has 0 aromatic heterocycles. The van der Waals surface area contributed by atoms with Gasteiger partial charge in [-0.05, 0) is 23.2 Å². The minimum absolute atomic E-state index is 0.00815. The quantitative estimate of drug-likeness (QED) is 0.0726. The van der Waals surface area contributed by atoms with Crippen molar-refractivity contribution in [2.75, 3.05) is 35.2 Å². The molecule has 45 heavy (non-hydrogen) atoms. The third-order valence-electron chi connectivity index (χ3n) is 7.61. The number of nitrogen functional groups attached to an aromatic ring is 2. The van der Waals surface area contributed by atoms with Crippen LogP contribution in [-0.2, 0) is 21.2 Å². The molecule has 0 amide bonds. The van der Waals surface area contributed by atoms with E-state index in [4.69, 9.17) is 11.5 Å². The van der Waals surface area contributed by atoms with Crippen molar-refractivity contribution in [3.8, 4) is 0 Å². The molecule has 4 aromatic rings. The predicted molar refractivity (Wildman–Crippen MR) is 162 cm³/mol. The Morgan fingerprint density at radius 2 is 1.04 bits per heavy atom. The van der Waals surface area contributed by atoms with E-state index in [1.807, 2.05) is 0 Å². The highest BCUT2D eigenvalue weighted by Gasteiger charge is 2.37. The first-order valence-corrected chi connectivity index (χ1v) is 15.7. The van der Waals surface area contributed by atoms with E-state index < -0.39 is 59.8 Å². The van der Waals surface area contributed by atoms with Crippen LogP contribution in [0.2, 0.25) is 0 Å². The number of carbonyl (C=O) groups is 4. The number of fused-ring (bicyclic) bond motifs is 4. The molecule has 228 valence electrons. The Labute approximate surface area is 257 Å². The van der Waals surface area contributed by atoms with Gasteiger partial charge in [0.1, 0.15) is 4.90 Å². The Balaban J connectivity index is 1.37. The molecule has 6 rings (SSSR count). The van der Waals surface area contributed by atoms with Gasteiger partial charge < -0.3 is 26.7 Å². The van der Waals surface area contributed by atoms with Crippen LogP contribution in [-0.4, -0.2) is 58.0 Å². The average Bonchev–Trinajstić information content (AvgIpc) is 3.00. The number of anilines is 4. The third-order valence-corrected chi connectivity index (χ3v) is 9.20. The number of benzene rings is 4. The van der Waals surface area contributed by atoms with Crippen molar-refractivity contribution in [3.63, 3.8) is 0 Å². The summed E-state index contributed by atoms with van der Waals surface area (Å²) in [5.74, 6) is -2.50. The van der Waals surface area contributed by atoms with Crippen LogP contribution in [0, 0.1) is 0 Å². The van der Waals surface area contributed by atoms with Crippen molar-refractivity contribution in [3.05, 3.63) is 105 Å². The molecule has 0 aliphatic heterocycles. The lowest BCUT2D eigenvalue weighted by atomic mass is 9.82. The van der Waals surface area contributed by atoms with Crippen LogP contribution in [0.1, 0.15) is 63.7 Å². The fourth-order valence-corrected chi connectivity index (χ4v) is 6.75. The topological polar surface area (TPSA) is 239 Å². The number of hydrogen-bond acceptors (Lipinski definition) is 12. The number of nitrogens with two attached hydrogens (primary N) is 2. The monoisotopic (exact) mass is 645 g/mol. The molecule has 0 fully saturated rings. The standard InChI is InChI=1S/C30H22N4O9S2/c31-25-19(44(39)40)11-17(21-23(25)29(37)15-7-3-1-5-13(15)27(21)35)33-9-10-34-18-12-20(45(41,42)43)26(32)24-22(18)28(36)14-6-2-4-8-16(14)30(24)38/h1-8,11-12,33-34H,9-10,31-32H2,(H,39,40)(H,41,42,43)/p-1. The molecule has 7 N–H and O–H groups in total. The Kier molecular flexibility index (Phi) is 7.12. The molecule has 13 nitrogen and oxygen atoms in total. The lowest BCUT2D eigenvalue weighted by Crippen LogP contribution is -2.27. The van der Waals surface area contributed by atoms with Crippen LogP contribution < -0.4 is 22.1 Å². The molecule has 15 heteroatoms. The molecule has 0 bridgehead atoms. The number of nitrogens with one attached hydrogen (secondary N) is 2. The van der Waals surface area contributed by atoms with Gasteiger partial charge in [0.25, 0.3) is 10.1 Å². The average molecular weight is 646 g/mol. The molecule has 4 aromatic carbocycles. The number of carbonyl (C=O) groups excluding carboxylic acids is 4.